The SMILES string of the molecule is OC(CNCC1(c2ccccc2)CCCC1)COc1ccc(Cl)cc1. The summed E-state index contributed by atoms with van der Waals surface area (Å²) < 4.78 is 5.61. The number of aliphatic hydroxyl groups is 1. The molecule has 0 heterocycles. The molecular weight excluding hydrogens is 334 g/mol. The normalized spacial score (nSPS) is 17.4. The summed E-state index contributed by atoms with van der Waals surface area (Å²) in [4.78, 5) is 0. The Morgan fingerprint density at radius 1 is 1.04 bits per heavy atom. The maximum Gasteiger partial charge on any atom is 0.119 e. The summed E-state index contributed by atoms with van der Waals surface area (Å²) in [5, 5.41) is 14.3. The predicted octanol–water partition coefficient (Wildman–Crippen LogP) is 4.18. The fraction of sp³-hybridized carbons (Fsp3) is 0.429. The van der Waals surface area contributed by atoms with E-state index in [-0.39, 0.29) is 12.0 Å². The van der Waals surface area contributed by atoms with Gasteiger partial charge in [-0.3, -0.25) is 0 Å². The Morgan fingerprint density at radius 2 is 1.72 bits per heavy atom. The summed E-state index contributed by atoms with van der Waals surface area (Å²) in [7, 11) is 0. The lowest BCUT2D eigenvalue weighted by Gasteiger charge is -2.30. The lowest BCUT2D eigenvalue weighted by Crippen LogP contribution is -2.40. The van der Waals surface area contributed by atoms with Gasteiger partial charge in [-0.15, -0.1) is 0 Å². The van der Waals surface area contributed by atoms with Crippen LogP contribution in [0.25, 0.3) is 0 Å². The van der Waals surface area contributed by atoms with Crippen molar-refractivity contribution in [2.24, 2.45) is 0 Å². The number of rotatable bonds is 8. The highest BCUT2D eigenvalue weighted by Crippen LogP contribution is 2.40. The molecule has 0 aliphatic heterocycles. The van der Waals surface area contributed by atoms with Crippen LogP contribution in [0.15, 0.2) is 54.6 Å². The van der Waals surface area contributed by atoms with Gasteiger partial charge in [0, 0.05) is 23.5 Å². The van der Waals surface area contributed by atoms with E-state index in [4.69, 9.17) is 16.3 Å². The lowest BCUT2D eigenvalue weighted by molar-refractivity contribution is 0.105. The summed E-state index contributed by atoms with van der Waals surface area (Å²) in [6.45, 7) is 1.70. The molecule has 2 aromatic rings. The molecule has 2 aromatic carbocycles. The summed E-state index contributed by atoms with van der Waals surface area (Å²) in [5.74, 6) is 0.722. The van der Waals surface area contributed by atoms with Crippen LogP contribution in [0.1, 0.15) is 31.2 Å². The molecule has 1 aliphatic carbocycles. The van der Waals surface area contributed by atoms with Crippen LogP contribution < -0.4 is 10.1 Å². The van der Waals surface area contributed by atoms with Crippen LogP contribution >= 0.6 is 11.6 Å². The largest absolute Gasteiger partial charge is 0.491 e. The molecule has 0 amide bonds. The first-order chi connectivity index (χ1) is 12.2. The van der Waals surface area contributed by atoms with Crippen molar-refractivity contribution in [3.8, 4) is 5.75 Å². The standard InChI is InChI=1S/C21H26ClNO2/c22-18-8-10-20(11-9-18)25-15-19(24)14-23-16-21(12-4-5-13-21)17-6-2-1-3-7-17/h1-3,6-11,19,23-24H,4-5,12-16H2. The molecular formula is C21H26ClNO2. The van der Waals surface area contributed by atoms with Crippen LogP contribution in [-0.2, 0) is 5.41 Å². The molecule has 1 atom stereocenters. The van der Waals surface area contributed by atoms with Gasteiger partial charge in [0.25, 0.3) is 0 Å². The number of ether oxygens (including phenoxy) is 1. The first kappa shape index (κ1) is 18.2. The van der Waals surface area contributed by atoms with Crippen molar-refractivity contribution in [3.63, 3.8) is 0 Å². The zero-order valence-corrected chi connectivity index (χ0v) is 15.2. The Bertz CT molecular complexity index is 639. The van der Waals surface area contributed by atoms with Crippen LogP contribution in [-0.4, -0.2) is 30.9 Å². The zero-order chi connectivity index (χ0) is 17.5. The van der Waals surface area contributed by atoms with Crippen molar-refractivity contribution in [2.45, 2.75) is 37.2 Å². The van der Waals surface area contributed by atoms with E-state index in [1.54, 1.807) is 12.1 Å². The molecule has 3 nitrogen and oxygen atoms in total. The highest BCUT2D eigenvalue weighted by molar-refractivity contribution is 6.30. The average molecular weight is 360 g/mol. The molecule has 0 aromatic heterocycles. The Kier molecular flexibility index (Phi) is 6.35. The molecule has 0 saturated heterocycles. The van der Waals surface area contributed by atoms with Gasteiger partial charge in [-0.2, -0.15) is 0 Å². The van der Waals surface area contributed by atoms with Crippen molar-refractivity contribution in [2.75, 3.05) is 19.7 Å². The maximum atomic E-state index is 10.2. The second kappa shape index (κ2) is 8.70. The number of halogens is 1. The van der Waals surface area contributed by atoms with E-state index >= 15 is 0 Å². The quantitative estimate of drug-likeness (QED) is 0.742. The Balaban J connectivity index is 1.46. The summed E-state index contributed by atoms with van der Waals surface area (Å²) >= 11 is 5.85. The van der Waals surface area contributed by atoms with Gasteiger partial charge >= 0.3 is 0 Å². The van der Waals surface area contributed by atoms with E-state index in [0.29, 0.717) is 11.6 Å². The second-order valence-electron chi connectivity index (χ2n) is 6.90. The van der Waals surface area contributed by atoms with Crippen molar-refractivity contribution >= 4 is 11.6 Å². The molecule has 0 radical (unpaired) electrons. The minimum Gasteiger partial charge on any atom is -0.491 e. The minimum absolute atomic E-state index is 0.206. The number of aliphatic hydroxyl groups excluding tert-OH is 1. The fourth-order valence-corrected chi connectivity index (χ4v) is 3.80. The smallest absolute Gasteiger partial charge is 0.119 e. The number of nitrogens with one attached hydrogen (secondary N) is 1. The Labute approximate surface area is 155 Å². The predicted molar refractivity (Wildman–Crippen MR) is 102 cm³/mol. The lowest BCUT2D eigenvalue weighted by atomic mass is 9.79. The van der Waals surface area contributed by atoms with E-state index in [1.807, 2.05) is 12.1 Å². The first-order valence-corrected chi connectivity index (χ1v) is 9.38. The van der Waals surface area contributed by atoms with Gasteiger partial charge in [-0.1, -0.05) is 54.8 Å². The molecule has 1 unspecified atom stereocenters. The molecule has 1 fully saturated rings. The van der Waals surface area contributed by atoms with Crippen LogP contribution in [0.2, 0.25) is 5.02 Å². The Morgan fingerprint density at radius 3 is 2.40 bits per heavy atom. The second-order valence-corrected chi connectivity index (χ2v) is 7.34. The van der Waals surface area contributed by atoms with Gasteiger partial charge in [0.2, 0.25) is 0 Å². The van der Waals surface area contributed by atoms with E-state index in [1.165, 1.54) is 31.2 Å². The van der Waals surface area contributed by atoms with Crippen molar-refractivity contribution in [1.82, 2.24) is 5.32 Å². The molecule has 0 spiro atoms. The molecule has 0 bridgehead atoms. The molecule has 3 rings (SSSR count). The zero-order valence-electron chi connectivity index (χ0n) is 14.5. The van der Waals surface area contributed by atoms with E-state index in [9.17, 15) is 5.11 Å². The maximum absolute atomic E-state index is 10.2. The van der Waals surface area contributed by atoms with Crippen LogP contribution in [0, 0.1) is 0 Å². The van der Waals surface area contributed by atoms with E-state index in [2.05, 4.69) is 35.6 Å². The topological polar surface area (TPSA) is 41.5 Å². The van der Waals surface area contributed by atoms with Crippen molar-refractivity contribution in [3.05, 3.63) is 65.2 Å². The van der Waals surface area contributed by atoms with Crippen LogP contribution in [0.4, 0.5) is 0 Å². The molecule has 1 aliphatic rings. The van der Waals surface area contributed by atoms with Crippen LogP contribution in [0.5, 0.6) is 5.75 Å². The van der Waals surface area contributed by atoms with Crippen molar-refractivity contribution < 1.29 is 9.84 Å². The van der Waals surface area contributed by atoms with E-state index < -0.39 is 6.10 Å². The third-order valence-electron chi connectivity index (χ3n) is 5.05. The highest BCUT2D eigenvalue weighted by atomic mass is 35.5. The molecule has 25 heavy (non-hydrogen) atoms. The van der Waals surface area contributed by atoms with E-state index in [0.717, 1.165) is 12.3 Å². The Hall–Kier alpha value is -1.55. The van der Waals surface area contributed by atoms with Gasteiger partial charge in [0.15, 0.2) is 0 Å². The van der Waals surface area contributed by atoms with Gasteiger partial charge < -0.3 is 15.2 Å². The molecule has 4 heteroatoms. The average Bonchev–Trinajstić information content (AvgIpc) is 3.12. The number of hydrogen-bond donors (Lipinski definition) is 2. The number of benzene rings is 2. The van der Waals surface area contributed by atoms with Gasteiger partial charge in [0.1, 0.15) is 18.5 Å². The fourth-order valence-electron chi connectivity index (χ4n) is 3.67. The monoisotopic (exact) mass is 359 g/mol. The minimum atomic E-state index is -0.537. The molecule has 134 valence electrons. The first-order valence-electron chi connectivity index (χ1n) is 9.01. The van der Waals surface area contributed by atoms with Gasteiger partial charge in [-0.25, -0.2) is 0 Å². The summed E-state index contributed by atoms with van der Waals surface area (Å²) in [6.07, 6.45) is 4.44. The molecule has 1 saturated carbocycles. The molecule has 2 N–H and O–H groups in total. The number of hydrogen-bond acceptors (Lipinski definition) is 3. The van der Waals surface area contributed by atoms with Crippen LogP contribution in [0.3, 0.4) is 0 Å². The summed E-state index contributed by atoms with van der Waals surface area (Å²) in [5.41, 5.74) is 1.62. The van der Waals surface area contributed by atoms with Crippen molar-refractivity contribution in [1.29, 1.82) is 0 Å². The van der Waals surface area contributed by atoms with Gasteiger partial charge in [0.05, 0.1) is 0 Å². The third-order valence-corrected chi connectivity index (χ3v) is 5.30. The summed E-state index contributed by atoms with van der Waals surface area (Å²) in [6, 6.07) is 17.9. The highest BCUT2D eigenvalue weighted by Gasteiger charge is 2.35. The van der Waals surface area contributed by atoms with Gasteiger partial charge in [-0.05, 0) is 42.7 Å². The third kappa shape index (κ3) is 4.97.